The van der Waals surface area contributed by atoms with Crippen LogP contribution in [0.4, 0.5) is 0 Å². The van der Waals surface area contributed by atoms with E-state index in [0.717, 1.165) is 0 Å². The summed E-state index contributed by atoms with van der Waals surface area (Å²) in [5.41, 5.74) is 22.8. The van der Waals surface area contributed by atoms with Crippen LogP contribution in [0.2, 0.25) is 0 Å². The molecule has 2 rings (SSSR count). The summed E-state index contributed by atoms with van der Waals surface area (Å²) in [6, 6.07) is -10.8. The average Bonchev–Trinajstić information content (AvgIpc) is 4.02. The minimum absolute atomic E-state index is 0.0411. The average molecular weight is 997 g/mol. The Morgan fingerprint density at radius 3 is 1.51 bits per heavy atom. The molecule has 398 valence electrons. The van der Waals surface area contributed by atoms with Crippen molar-refractivity contribution < 1.29 is 63.3 Å². The van der Waals surface area contributed by atoms with Gasteiger partial charge in [0.25, 0.3) is 0 Å². The molecule has 8 amide bonds. The summed E-state index contributed by atoms with van der Waals surface area (Å²) in [5.74, 6) is -8.13. The molecule has 0 aromatic carbocycles. The van der Waals surface area contributed by atoms with Gasteiger partial charge < -0.3 is 80.0 Å². The lowest BCUT2D eigenvalue weighted by Crippen LogP contribution is -2.60. The number of carboxylic acids is 2. The molecule has 2 aliphatic rings. The zero-order chi connectivity index (χ0) is 52.5. The van der Waals surface area contributed by atoms with Gasteiger partial charge in [-0.2, -0.15) is 0 Å². The van der Waals surface area contributed by atoms with E-state index >= 15 is 0 Å². The number of carbonyl (C=O) groups is 10. The van der Waals surface area contributed by atoms with Gasteiger partial charge in [-0.1, -0.05) is 13.8 Å². The van der Waals surface area contributed by atoms with Crippen LogP contribution in [0.25, 0.3) is 0 Å². The molecule has 0 aromatic heterocycles. The Labute approximate surface area is 409 Å². The standard InChI is InChI=1S/C45H80N12O13/c1-26(2)24-32(45(69)70)54-40(64)29(12-4-7-19-46)51-37(61)27(3)50-42(66)34-15-10-22-56(34)44(68)35-16-11-23-57(35)43(67)31(14-6-9-21-48)53-39(63)30(13-5-8-20-47)52-41(65)33(25-58)55-38(62)28(49)17-18-36(59)60/h26-35,58H,4-25,46-49H2,1-3H3,(H,50,66)(H,51,61)(H,52,65)(H,53,63)(H,54,64)(H,55,62)(H,59,60)(H,69,70)/t27-,28-,29-,30-,31-,32-,33-,34-,35-/m0/s1. The Morgan fingerprint density at radius 2 is 1.01 bits per heavy atom. The summed E-state index contributed by atoms with van der Waals surface area (Å²) in [5, 5.41) is 43.9. The van der Waals surface area contributed by atoms with E-state index in [1.807, 2.05) is 13.8 Å². The van der Waals surface area contributed by atoms with Crippen molar-refractivity contribution in [3.8, 4) is 0 Å². The molecule has 0 radical (unpaired) electrons. The molecule has 9 atom stereocenters. The Morgan fingerprint density at radius 1 is 0.557 bits per heavy atom. The minimum atomic E-state index is -1.56. The number of likely N-dealkylation sites (tertiary alicyclic amines) is 2. The topological polar surface area (TPSA) is 414 Å². The van der Waals surface area contributed by atoms with Crippen LogP contribution in [0.15, 0.2) is 0 Å². The van der Waals surface area contributed by atoms with Crippen LogP contribution in [0.3, 0.4) is 0 Å². The Bertz CT molecular complexity index is 1770. The Balaban J connectivity index is 2.24. The second kappa shape index (κ2) is 31.7. The van der Waals surface area contributed by atoms with E-state index in [9.17, 15) is 58.2 Å². The molecule has 0 spiro atoms. The van der Waals surface area contributed by atoms with E-state index in [1.54, 1.807) is 0 Å². The van der Waals surface area contributed by atoms with Gasteiger partial charge in [0.15, 0.2) is 0 Å². The number of unbranched alkanes of at least 4 members (excludes halogenated alkanes) is 3. The first kappa shape index (κ1) is 60.6. The van der Waals surface area contributed by atoms with Crippen molar-refractivity contribution in [2.24, 2.45) is 28.9 Å². The van der Waals surface area contributed by atoms with Gasteiger partial charge in [0.05, 0.1) is 12.6 Å². The summed E-state index contributed by atoms with van der Waals surface area (Å²) >= 11 is 0. The molecule has 25 heteroatoms. The number of aliphatic carboxylic acids is 2. The normalized spacial score (nSPS) is 18.6. The van der Waals surface area contributed by atoms with Gasteiger partial charge in [-0.05, 0) is 129 Å². The van der Waals surface area contributed by atoms with Gasteiger partial charge in [-0.3, -0.25) is 43.2 Å². The van der Waals surface area contributed by atoms with Gasteiger partial charge in [0.1, 0.15) is 48.3 Å². The van der Waals surface area contributed by atoms with Crippen molar-refractivity contribution in [1.29, 1.82) is 0 Å². The minimum Gasteiger partial charge on any atom is -0.481 e. The maximum Gasteiger partial charge on any atom is 0.326 e. The summed E-state index contributed by atoms with van der Waals surface area (Å²) in [6.45, 7) is 5.41. The first-order valence-electron chi connectivity index (χ1n) is 24.5. The molecule has 2 saturated heterocycles. The van der Waals surface area contributed by atoms with Crippen LogP contribution in [0.5, 0.6) is 0 Å². The maximum absolute atomic E-state index is 14.4. The first-order valence-corrected chi connectivity index (χ1v) is 24.5. The molecule has 0 aliphatic carbocycles. The van der Waals surface area contributed by atoms with Crippen molar-refractivity contribution >= 4 is 59.2 Å². The summed E-state index contributed by atoms with van der Waals surface area (Å²) in [7, 11) is 0. The smallest absolute Gasteiger partial charge is 0.326 e. The van der Waals surface area contributed by atoms with Crippen molar-refractivity contribution in [2.45, 2.75) is 178 Å². The van der Waals surface area contributed by atoms with E-state index in [2.05, 4.69) is 31.9 Å². The third kappa shape index (κ3) is 20.1. The number of aliphatic hydroxyl groups is 1. The molecular formula is C45H80N12O13. The molecule has 0 bridgehead atoms. The number of nitrogens with zero attached hydrogens (tertiary/aromatic N) is 2. The van der Waals surface area contributed by atoms with Crippen LogP contribution < -0.4 is 54.8 Å². The van der Waals surface area contributed by atoms with Gasteiger partial charge in [-0.15, -0.1) is 0 Å². The fraction of sp³-hybridized carbons (Fsp3) is 0.778. The number of nitrogens with one attached hydrogen (secondary N) is 6. The monoisotopic (exact) mass is 997 g/mol. The lowest BCUT2D eigenvalue weighted by molar-refractivity contribution is -0.148. The second-order valence-corrected chi connectivity index (χ2v) is 18.5. The molecule has 70 heavy (non-hydrogen) atoms. The van der Waals surface area contributed by atoms with Crippen LogP contribution in [0.1, 0.15) is 124 Å². The number of hydrogen-bond acceptors (Lipinski definition) is 15. The second-order valence-electron chi connectivity index (χ2n) is 18.5. The number of hydrogen-bond donors (Lipinski definition) is 13. The van der Waals surface area contributed by atoms with Crippen LogP contribution in [0, 0.1) is 5.92 Å². The largest absolute Gasteiger partial charge is 0.481 e. The number of amides is 8. The molecule has 25 nitrogen and oxygen atoms in total. The van der Waals surface area contributed by atoms with Crippen molar-refractivity contribution in [3.05, 3.63) is 0 Å². The molecule has 2 aliphatic heterocycles. The van der Waals surface area contributed by atoms with E-state index in [4.69, 9.17) is 28.0 Å². The number of rotatable bonds is 33. The van der Waals surface area contributed by atoms with Gasteiger partial charge in [0.2, 0.25) is 47.3 Å². The number of aliphatic hydroxyl groups excluding tert-OH is 1. The highest BCUT2D eigenvalue weighted by Crippen LogP contribution is 2.26. The first-order chi connectivity index (χ1) is 33.2. The Kier molecular flexibility index (Phi) is 27.4. The maximum atomic E-state index is 14.4. The predicted octanol–water partition coefficient (Wildman–Crippen LogP) is -3.40. The highest BCUT2D eigenvalue weighted by Gasteiger charge is 2.44. The van der Waals surface area contributed by atoms with E-state index in [1.165, 1.54) is 16.7 Å². The highest BCUT2D eigenvalue weighted by molar-refractivity contribution is 5.98. The van der Waals surface area contributed by atoms with Crippen molar-refractivity contribution in [1.82, 2.24) is 41.7 Å². The molecule has 17 N–H and O–H groups in total. The van der Waals surface area contributed by atoms with Crippen LogP contribution >= 0.6 is 0 Å². The van der Waals surface area contributed by atoms with Crippen LogP contribution in [-0.2, 0) is 47.9 Å². The van der Waals surface area contributed by atoms with E-state index < -0.39 is 127 Å². The third-order valence-corrected chi connectivity index (χ3v) is 12.3. The fourth-order valence-corrected chi connectivity index (χ4v) is 8.32. The molecular weight excluding hydrogens is 917 g/mol. The lowest BCUT2D eigenvalue weighted by Gasteiger charge is -2.33. The number of nitrogens with two attached hydrogens (primary N) is 4. The van der Waals surface area contributed by atoms with Crippen LogP contribution in [-0.4, -0.2) is 178 Å². The predicted molar refractivity (Wildman–Crippen MR) is 254 cm³/mol. The fourth-order valence-electron chi connectivity index (χ4n) is 8.32. The summed E-state index contributed by atoms with van der Waals surface area (Å²) < 4.78 is 0. The Hall–Kier alpha value is -5.50. The van der Waals surface area contributed by atoms with E-state index in [-0.39, 0.29) is 70.5 Å². The van der Waals surface area contributed by atoms with Crippen molar-refractivity contribution in [3.63, 3.8) is 0 Å². The molecule has 2 heterocycles. The highest BCUT2D eigenvalue weighted by atomic mass is 16.4. The third-order valence-electron chi connectivity index (χ3n) is 12.3. The molecule has 2 fully saturated rings. The molecule has 0 aromatic rings. The molecule has 0 saturated carbocycles. The number of carboxylic acid groups (broad SMARTS) is 2. The summed E-state index contributed by atoms with van der Waals surface area (Å²) in [4.78, 5) is 135. The SMILES string of the molecule is CC(C)C[C@H](NC(=O)[C@H](CCCCN)NC(=O)[C@H](C)NC(=O)[C@@H]1CCCN1C(=O)[C@@H]1CCCN1C(=O)[C@H](CCCCN)NC(=O)[C@H](CCCCN)NC(=O)[C@H](CO)NC(=O)[C@@H](N)CCC(=O)O)C(=O)O. The zero-order valence-electron chi connectivity index (χ0n) is 41.0. The van der Waals surface area contributed by atoms with Gasteiger partial charge in [0, 0.05) is 19.5 Å². The summed E-state index contributed by atoms with van der Waals surface area (Å²) in [6.07, 6.45) is 4.01. The van der Waals surface area contributed by atoms with E-state index in [0.29, 0.717) is 64.5 Å². The lowest BCUT2D eigenvalue weighted by atomic mass is 10.0. The van der Waals surface area contributed by atoms with Gasteiger partial charge in [-0.25, -0.2) is 4.79 Å². The van der Waals surface area contributed by atoms with Crippen molar-refractivity contribution in [2.75, 3.05) is 39.3 Å². The van der Waals surface area contributed by atoms with Gasteiger partial charge >= 0.3 is 11.9 Å². The number of carbonyl (C=O) groups excluding carboxylic acids is 8. The quantitative estimate of drug-likeness (QED) is 0.0285. The molecule has 0 unspecified atom stereocenters. The zero-order valence-corrected chi connectivity index (χ0v) is 41.0.